The number of halogens is 1. The molecule has 3 heteroatoms. The van der Waals surface area contributed by atoms with Gasteiger partial charge in [0.25, 0.3) is 0 Å². The molecule has 2 rings (SSSR count). The maximum absolute atomic E-state index is 8.82. The van der Waals surface area contributed by atoms with E-state index in [1.165, 1.54) is 0 Å². The Balaban J connectivity index is 2.04. The molecule has 0 spiro atoms. The zero-order valence-corrected chi connectivity index (χ0v) is 11.4. The third-order valence-electron chi connectivity index (χ3n) is 2.94. The number of benzene rings is 2. The van der Waals surface area contributed by atoms with Crippen LogP contribution in [0.5, 0.6) is 5.75 Å². The summed E-state index contributed by atoms with van der Waals surface area (Å²) in [7, 11) is 0. The molecule has 2 nitrogen and oxygen atoms in total. The van der Waals surface area contributed by atoms with E-state index in [4.69, 9.17) is 21.6 Å². The molecule has 0 heterocycles. The van der Waals surface area contributed by atoms with Crippen LogP contribution in [-0.2, 0) is 12.5 Å². The van der Waals surface area contributed by atoms with Crippen molar-refractivity contribution in [1.29, 1.82) is 5.26 Å². The molecule has 0 amide bonds. The second kappa shape index (κ2) is 6.26. The van der Waals surface area contributed by atoms with Crippen LogP contribution in [0.25, 0.3) is 0 Å². The Kier molecular flexibility index (Phi) is 4.43. The summed E-state index contributed by atoms with van der Waals surface area (Å²) in [4.78, 5) is 0. The van der Waals surface area contributed by atoms with Crippen molar-refractivity contribution in [2.45, 2.75) is 19.4 Å². The van der Waals surface area contributed by atoms with E-state index >= 15 is 0 Å². The molecular weight excluding hydrogens is 258 g/mol. The highest BCUT2D eigenvalue weighted by atomic mass is 35.5. The Bertz CT molecular complexity index is 599. The van der Waals surface area contributed by atoms with E-state index in [0.717, 1.165) is 22.4 Å². The van der Waals surface area contributed by atoms with Crippen LogP contribution in [-0.4, -0.2) is 0 Å². The predicted octanol–water partition coefficient (Wildman–Crippen LogP) is 4.18. The van der Waals surface area contributed by atoms with Crippen molar-refractivity contribution in [3.8, 4) is 11.8 Å². The summed E-state index contributed by atoms with van der Waals surface area (Å²) >= 11 is 5.73. The Morgan fingerprint density at radius 3 is 2.47 bits per heavy atom. The molecule has 96 valence electrons. The fraction of sp³-hybridized carbons (Fsp3) is 0.188. The minimum atomic E-state index is 0.498. The molecule has 0 N–H and O–H groups in total. The van der Waals surface area contributed by atoms with Crippen molar-refractivity contribution >= 4 is 11.6 Å². The molecule has 0 aliphatic heterocycles. The first-order valence-corrected chi connectivity index (χ1v) is 6.53. The SMILES string of the molecule is Cc1cc(C#N)ccc1COc1ccc(CCl)cc1. The van der Waals surface area contributed by atoms with E-state index < -0.39 is 0 Å². The molecule has 2 aromatic rings. The highest BCUT2D eigenvalue weighted by Crippen LogP contribution is 2.17. The number of nitriles is 1. The van der Waals surface area contributed by atoms with Gasteiger partial charge in [0, 0.05) is 5.88 Å². The van der Waals surface area contributed by atoms with Gasteiger partial charge in [-0.1, -0.05) is 18.2 Å². The van der Waals surface area contributed by atoms with E-state index in [-0.39, 0.29) is 0 Å². The number of hydrogen-bond donors (Lipinski definition) is 0. The molecular formula is C16H14ClNO. The third kappa shape index (κ3) is 3.49. The number of rotatable bonds is 4. The molecule has 0 atom stereocenters. The summed E-state index contributed by atoms with van der Waals surface area (Å²) in [6.07, 6.45) is 0. The molecule has 0 saturated heterocycles. The van der Waals surface area contributed by atoms with E-state index in [0.29, 0.717) is 18.1 Å². The van der Waals surface area contributed by atoms with Crippen molar-refractivity contribution in [3.63, 3.8) is 0 Å². The average Bonchev–Trinajstić information content (AvgIpc) is 2.46. The lowest BCUT2D eigenvalue weighted by atomic mass is 10.1. The molecule has 0 bridgehead atoms. The van der Waals surface area contributed by atoms with Crippen molar-refractivity contribution in [3.05, 3.63) is 64.7 Å². The second-order valence-electron chi connectivity index (χ2n) is 4.32. The van der Waals surface area contributed by atoms with Gasteiger partial charge in [-0.2, -0.15) is 5.26 Å². The van der Waals surface area contributed by atoms with Crippen molar-refractivity contribution in [2.75, 3.05) is 0 Å². The van der Waals surface area contributed by atoms with Gasteiger partial charge >= 0.3 is 0 Å². The molecule has 0 fully saturated rings. The largest absolute Gasteiger partial charge is 0.489 e. The Labute approximate surface area is 118 Å². The molecule has 19 heavy (non-hydrogen) atoms. The molecule has 0 aliphatic rings. The summed E-state index contributed by atoms with van der Waals surface area (Å²) in [6.45, 7) is 2.48. The summed E-state index contributed by atoms with van der Waals surface area (Å²) in [5.74, 6) is 1.33. The Morgan fingerprint density at radius 1 is 1.16 bits per heavy atom. The van der Waals surface area contributed by atoms with Crippen molar-refractivity contribution < 1.29 is 4.74 Å². The van der Waals surface area contributed by atoms with Gasteiger partial charge in [0.15, 0.2) is 0 Å². The molecule has 0 aromatic heterocycles. The van der Waals surface area contributed by atoms with E-state index in [9.17, 15) is 0 Å². The fourth-order valence-corrected chi connectivity index (χ4v) is 1.94. The first-order chi connectivity index (χ1) is 9.22. The highest BCUT2D eigenvalue weighted by molar-refractivity contribution is 6.17. The van der Waals surface area contributed by atoms with Crippen LogP contribution in [0, 0.1) is 18.3 Å². The number of hydrogen-bond acceptors (Lipinski definition) is 2. The van der Waals surface area contributed by atoms with Crippen molar-refractivity contribution in [2.24, 2.45) is 0 Å². The summed E-state index contributed by atoms with van der Waals surface area (Å²) in [5.41, 5.74) is 3.90. The van der Waals surface area contributed by atoms with E-state index in [1.807, 2.05) is 49.4 Å². The van der Waals surface area contributed by atoms with Crippen LogP contribution in [0.1, 0.15) is 22.3 Å². The maximum Gasteiger partial charge on any atom is 0.119 e. The zero-order valence-electron chi connectivity index (χ0n) is 10.7. The number of ether oxygens (including phenoxy) is 1. The topological polar surface area (TPSA) is 33.0 Å². The van der Waals surface area contributed by atoms with Gasteiger partial charge in [-0.25, -0.2) is 0 Å². The van der Waals surface area contributed by atoms with Crippen molar-refractivity contribution in [1.82, 2.24) is 0 Å². The minimum absolute atomic E-state index is 0.498. The van der Waals surface area contributed by atoms with Gasteiger partial charge in [0.1, 0.15) is 12.4 Å². The van der Waals surface area contributed by atoms with Crippen LogP contribution >= 0.6 is 11.6 Å². The fourth-order valence-electron chi connectivity index (χ4n) is 1.76. The quantitative estimate of drug-likeness (QED) is 0.782. The van der Waals surface area contributed by atoms with Crippen LogP contribution < -0.4 is 4.74 Å². The first kappa shape index (κ1) is 13.5. The number of aryl methyl sites for hydroxylation is 1. The minimum Gasteiger partial charge on any atom is -0.489 e. The molecule has 0 saturated carbocycles. The lowest BCUT2D eigenvalue weighted by molar-refractivity contribution is 0.305. The molecule has 2 aromatic carbocycles. The van der Waals surface area contributed by atoms with Gasteiger partial charge < -0.3 is 4.74 Å². The van der Waals surface area contributed by atoms with E-state index in [1.54, 1.807) is 0 Å². The Hall–Kier alpha value is -1.98. The number of nitrogens with zero attached hydrogens (tertiary/aromatic N) is 1. The molecule has 0 aliphatic carbocycles. The van der Waals surface area contributed by atoms with Crippen LogP contribution in [0.4, 0.5) is 0 Å². The molecule has 0 radical (unpaired) electrons. The second-order valence-corrected chi connectivity index (χ2v) is 4.59. The number of alkyl halides is 1. The third-order valence-corrected chi connectivity index (χ3v) is 3.25. The maximum atomic E-state index is 8.82. The predicted molar refractivity (Wildman–Crippen MR) is 76.2 cm³/mol. The van der Waals surface area contributed by atoms with Crippen LogP contribution in [0.2, 0.25) is 0 Å². The van der Waals surface area contributed by atoms with E-state index in [2.05, 4.69) is 6.07 Å². The zero-order chi connectivity index (χ0) is 13.7. The van der Waals surface area contributed by atoms with Gasteiger partial charge in [-0.05, 0) is 47.9 Å². The first-order valence-electron chi connectivity index (χ1n) is 6.00. The average molecular weight is 272 g/mol. The monoisotopic (exact) mass is 271 g/mol. The van der Waals surface area contributed by atoms with Gasteiger partial charge in [0.2, 0.25) is 0 Å². The van der Waals surface area contributed by atoms with Crippen LogP contribution in [0.3, 0.4) is 0 Å². The summed E-state index contributed by atoms with van der Waals surface area (Å²) in [6, 6.07) is 15.5. The lowest BCUT2D eigenvalue weighted by Gasteiger charge is -2.09. The van der Waals surface area contributed by atoms with Gasteiger partial charge in [0.05, 0.1) is 11.6 Å². The standard InChI is InChI=1S/C16H14ClNO/c1-12-8-14(10-18)2-5-15(12)11-19-16-6-3-13(9-17)4-7-16/h2-8H,9,11H2,1H3. The lowest BCUT2D eigenvalue weighted by Crippen LogP contribution is -1.98. The Morgan fingerprint density at radius 2 is 1.89 bits per heavy atom. The summed E-state index contributed by atoms with van der Waals surface area (Å²) in [5, 5.41) is 8.82. The molecule has 0 unspecified atom stereocenters. The normalized spacial score (nSPS) is 9.95. The summed E-state index contributed by atoms with van der Waals surface area (Å²) < 4.78 is 5.72. The van der Waals surface area contributed by atoms with Gasteiger partial charge in [-0.3, -0.25) is 0 Å². The van der Waals surface area contributed by atoms with Crippen LogP contribution in [0.15, 0.2) is 42.5 Å². The smallest absolute Gasteiger partial charge is 0.119 e. The van der Waals surface area contributed by atoms with Gasteiger partial charge in [-0.15, -0.1) is 11.6 Å². The highest BCUT2D eigenvalue weighted by Gasteiger charge is 2.01.